The van der Waals surface area contributed by atoms with Crippen molar-refractivity contribution in [2.45, 2.75) is 25.8 Å². The number of aryl methyl sites for hydroxylation is 1. The highest BCUT2D eigenvalue weighted by Gasteiger charge is 2.33. The summed E-state index contributed by atoms with van der Waals surface area (Å²) in [7, 11) is 0. The van der Waals surface area contributed by atoms with Crippen molar-refractivity contribution in [1.82, 2.24) is 15.2 Å². The van der Waals surface area contributed by atoms with Crippen LogP contribution in [-0.2, 0) is 22.6 Å². The van der Waals surface area contributed by atoms with Crippen molar-refractivity contribution in [1.29, 1.82) is 0 Å². The molecule has 0 radical (unpaired) electrons. The van der Waals surface area contributed by atoms with Gasteiger partial charge in [-0.05, 0) is 48.2 Å². The Bertz CT molecular complexity index is 747. The molecule has 1 aliphatic heterocycles. The van der Waals surface area contributed by atoms with Gasteiger partial charge in [0.05, 0.1) is 5.92 Å². The molecule has 1 aromatic carbocycles. The average molecular weight is 353 g/mol. The number of hydrogen-bond donors (Lipinski definition) is 2. The zero-order valence-corrected chi connectivity index (χ0v) is 14.6. The fourth-order valence-corrected chi connectivity index (χ4v) is 3.12. The lowest BCUT2D eigenvalue weighted by Gasteiger charge is -2.16. The quantitative estimate of drug-likeness (QED) is 0.745. The Balaban J connectivity index is 1.41. The van der Waals surface area contributed by atoms with Gasteiger partial charge in [-0.25, -0.2) is 0 Å². The van der Waals surface area contributed by atoms with E-state index >= 15 is 0 Å². The number of likely N-dealkylation sites (tertiary alicyclic amines) is 1. The van der Waals surface area contributed by atoms with Gasteiger partial charge in [-0.3, -0.25) is 14.6 Å². The van der Waals surface area contributed by atoms with Crippen LogP contribution >= 0.6 is 0 Å². The van der Waals surface area contributed by atoms with Gasteiger partial charge in [-0.2, -0.15) is 0 Å². The second kappa shape index (κ2) is 8.47. The predicted molar refractivity (Wildman–Crippen MR) is 97.2 cm³/mol. The molecule has 0 spiro atoms. The zero-order valence-electron chi connectivity index (χ0n) is 14.6. The lowest BCUT2D eigenvalue weighted by atomic mass is 10.1. The third kappa shape index (κ3) is 4.81. The summed E-state index contributed by atoms with van der Waals surface area (Å²) in [6, 6.07) is 10.8. The molecule has 2 aromatic rings. The van der Waals surface area contributed by atoms with E-state index in [-0.39, 0.29) is 29.9 Å². The summed E-state index contributed by atoms with van der Waals surface area (Å²) in [5.74, 6) is -0.0605. The Hall–Kier alpha value is -2.89. The number of hydrogen-bond acceptors (Lipinski definition) is 4. The first-order valence-corrected chi connectivity index (χ1v) is 8.84. The van der Waals surface area contributed by atoms with E-state index in [0.717, 1.165) is 24.0 Å². The van der Waals surface area contributed by atoms with Gasteiger partial charge in [-0.15, -0.1) is 0 Å². The summed E-state index contributed by atoms with van der Waals surface area (Å²) < 4.78 is 0. The number of nitrogens with zero attached hydrogens (tertiary/aromatic N) is 2. The molecular weight excluding hydrogens is 330 g/mol. The Labute approximate surface area is 152 Å². The van der Waals surface area contributed by atoms with Crippen LogP contribution in [0.1, 0.15) is 24.0 Å². The lowest BCUT2D eigenvalue weighted by Crippen LogP contribution is -2.33. The standard InChI is InChI=1S/C20H23N3O3/c24-18-5-3-15(4-6-18)2-1-9-22-20(26)17-12-19(25)23(14-17)13-16-7-10-21-11-8-16/h3-8,10-11,17,24H,1-2,9,12-14H2,(H,22,26)/t17-/m1/s1. The van der Waals surface area contributed by atoms with Crippen LogP contribution in [-0.4, -0.2) is 39.9 Å². The van der Waals surface area contributed by atoms with E-state index in [1.807, 2.05) is 24.3 Å². The van der Waals surface area contributed by atoms with Gasteiger partial charge in [0.2, 0.25) is 11.8 Å². The number of pyridine rings is 1. The minimum Gasteiger partial charge on any atom is -0.508 e. The number of phenolic OH excluding ortho intramolecular Hbond substituents is 1. The van der Waals surface area contributed by atoms with Gasteiger partial charge >= 0.3 is 0 Å². The normalized spacial score (nSPS) is 16.7. The number of aromatic hydroxyl groups is 1. The van der Waals surface area contributed by atoms with Gasteiger partial charge in [-0.1, -0.05) is 12.1 Å². The summed E-state index contributed by atoms with van der Waals surface area (Å²) in [6.45, 7) is 1.56. The lowest BCUT2D eigenvalue weighted by molar-refractivity contribution is -0.129. The average Bonchev–Trinajstić information content (AvgIpc) is 3.01. The maximum absolute atomic E-state index is 12.3. The molecule has 1 fully saturated rings. The van der Waals surface area contributed by atoms with Crippen molar-refractivity contribution in [3.63, 3.8) is 0 Å². The number of phenols is 1. The number of aromatic nitrogens is 1. The fraction of sp³-hybridized carbons (Fsp3) is 0.350. The first kappa shape index (κ1) is 17.9. The van der Waals surface area contributed by atoms with Crippen molar-refractivity contribution in [2.24, 2.45) is 5.92 Å². The number of amides is 2. The van der Waals surface area contributed by atoms with Crippen LogP contribution in [0.25, 0.3) is 0 Å². The van der Waals surface area contributed by atoms with Crippen molar-refractivity contribution < 1.29 is 14.7 Å². The smallest absolute Gasteiger partial charge is 0.225 e. The van der Waals surface area contributed by atoms with E-state index < -0.39 is 0 Å². The van der Waals surface area contributed by atoms with E-state index in [0.29, 0.717) is 19.6 Å². The first-order valence-electron chi connectivity index (χ1n) is 8.84. The number of nitrogens with one attached hydrogen (secondary N) is 1. The largest absolute Gasteiger partial charge is 0.508 e. The first-order chi connectivity index (χ1) is 12.6. The monoisotopic (exact) mass is 353 g/mol. The molecule has 26 heavy (non-hydrogen) atoms. The van der Waals surface area contributed by atoms with Gasteiger partial charge in [0, 0.05) is 38.4 Å². The van der Waals surface area contributed by atoms with Gasteiger partial charge in [0.25, 0.3) is 0 Å². The Morgan fingerprint density at radius 1 is 1.15 bits per heavy atom. The number of carbonyl (C=O) groups excluding carboxylic acids is 2. The molecule has 1 aliphatic rings. The molecule has 0 bridgehead atoms. The van der Waals surface area contributed by atoms with Crippen LogP contribution in [0.2, 0.25) is 0 Å². The molecule has 0 aliphatic carbocycles. The SMILES string of the molecule is O=C(NCCCc1ccc(O)cc1)[C@@H]1CC(=O)N(Cc2ccncc2)C1. The maximum atomic E-state index is 12.3. The number of carbonyl (C=O) groups is 2. The molecule has 2 N–H and O–H groups in total. The highest BCUT2D eigenvalue weighted by atomic mass is 16.3. The molecule has 0 saturated carbocycles. The van der Waals surface area contributed by atoms with Crippen LogP contribution in [0.5, 0.6) is 5.75 Å². The van der Waals surface area contributed by atoms with Crippen molar-refractivity contribution in [3.8, 4) is 5.75 Å². The van der Waals surface area contributed by atoms with Gasteiger partial charge in [0.1, 0.15) is 5.75 Å². The van der Waals surface area contributed by atoms with E-state index in [2.05, 4.69) is 10.3 Å². The molecular formula is C20H23N3O3. The van der Waals surface area contributed by atoms with Crippen LogP contribution < -0.4 is 5.32 Å². The van der Waals surface area contributed by atoms with Crippen molar-refractivity contribution >= 4 is 11.8 Å². The molecule has 1 aromatic heterocycles. The molecule has 6 heteroatoms. The summed E-state index contributed by atoms with van der Waals surface area (Å²) in [5.41, 5.74) is 2.14. The molecule has 2 heterocycles. The Kier molecular flexibility index (Phi) is 5.84. The van der Waals surface area contributed by atoms with E-state index in [1.54, 1.807) is 29.4 Å². The summed E-state index contributed by atoms with van der Waals surface area (Å²) >= 11 is 0. The minimum atomic E-state index is -0.280. The second-order valence-electron chi connectivity index (χ2n) is 6.59. The van der Waals surface area contributed by atoms with Crippen molar-refractivity contribution in [2.75, 3.05) is 13.1 Å². The molecule has 0 unspecified atom stereocenters. The fourth-order valence-electron chi connectivity index (χ4n) is 3.12. The maximum Gasteiger partial charge on any atom is 0.225 e. The molecule has 136 valence electrons. The van der Waals surface area contributed by atoms with Crippen LogP contribution in [0.15, 0.2) is 48.8 Å². The number of rotatable bonds is 7. The minimum absolute atomic E-state index is 0.0195. The van der Waals surface area contributed by atoms with E-state index in [1.165, 1.54) is 0 Å². The molecule has 6 nitrogen and oxygen atoms in total. The van der Waals surface area contributed by atoms with Crippen molar-refractivity contribution in [3.05, 3.63) is 59.9 Å². The highest BCUT2D eigenvalue weighted by Crippen LogP contribution is 2.20. The molecule has 3 rings (SSSR count). The second-order valence-corrected chi connectivity index (χ2v) is 6.59. The van der Waals surface area contributed by atoms with Gasteiger partial charge < -0.3 is 15.3 Å². The van der Waals surface area contributed by atoms with E-state index in [4.69, 9.17) is 0 Å². The Morgan fingerprint density at radius 2 is 1.88 bits per heavy atom. The third-order valence-corrected chi connectivity index (χ3v) is 4.59. The molecule has 2 amide bonds. The zero-order chi connectivity index (χ0) is 18.4. The van der Waals surface area contributed by atoms with E-state index in [9.17, 15) is 14.7 Å². The highest BCUT2D eigenvalue weighted by molar-refractivity contribution is 5.89. The summed E-state index contributed by atoms with van der Waals surface area (Å²) in [6.07, 6.45) is 5.33. The van der Waals surface area contributed by atoms with Crippen LogP contribution in [0.3, 0.4) is 0 Å². The van der Waals surface area contributed by atoms with Crippen LogP contribution in [0, 0.1) is 5.92 Å². The molecule has 1 saturated heterocycles. The topological polar surface area (TPSA) is 82.5 Å². The summed E-state index contributed by atoms with van der Waals surface area (Å²) in [5, 5.41) is 12.2. The van der Waals surface area contributed by atoms with Crippen LogP contribution in [0.4, 0.5) is 0 Å². The molecule has 1 atom stereocenters. The third-order valence-electron chi connectivity index (χ3n) is 4.59. The van der Waals surface area contributed by atoms with Gasteiger partial charge in [0.15, 0.2) is 0 Å². The Morgan fingerprint density at radius 3 is 2.62 bits per heavy atom. The number of benzene rings is 1. The predicted octanol–water partition coefficient (Wildman–Crippen LogP) is 1.88. The summed E-state index contributed by atoms with van der Waals surface area (Å²) in [4.78, 5) is 30.2.